The van der Waals surface area contributed by atoms with Gasteiger partial charge in [0, 0.05) is 12.4 Å². The number of allylic oxidation sites excluding steroid dienone is 1. The van der Waals surface area contributed by atoms with Crippen molar-refractivity contribution < 1.29 is 4.79 Å². The van der Waals surface area contributed by atoms with Crippen LogP contribution in [0.4, 0.5) is 0 Å². The number of hydrogen-bond donors (Lipinski definition) is 2. The van der Waals surface area contributed by atoms with E-state index in [9.17, 15) is 4.79 Å². The van der Waals surface area contributed by atoms with E-state index in [1.807, 2.05) is 0 Å². The molecule has 0 atom stereocenters. The highest BCUT2D eigenvalue weighted by Gasteiger charge is 2.15. The molecule has 0 radical (unpaired) electrons. The Morgan fingerprint density at radius 1 is 1.47 bits per heavy atom. The van der Waals surface area contributed by atoms with Crippen molar-refractivity contribution in [2.24, 2.45) is 15.7 Å². The molecular formula is C13H17ClN4O. The second-order valence-electron chi connectivity index (χ2n) is 4.02. The Kier molecular flexibility index (Phi) is 6.02. The summed E-state index contributed by atoms with van der Waals surface area (Å²) in [5.74, 6) is -0.464. The van der Waals surface area contributed by atoms with Gasteiger partial charge in [0.1, 0.15) is 10.9 Å². The topological polar surface area (TPSA) is 79.8 Å². The highest BCUT2D eigenvalue weighted by molar-refractivity contribution is 6.45. The zero-order valence-corrected chi connectivity index (χ0v) is 11.4. The van der Waals surface area contributed by atoms with Crippen LogP contribution in [-0.4, -0.2) is 23.9 Å². The highest BCUT2D eigenvalue weighted by atomic mass is 35.5. The first-order valence-corrected chi connectivity index (χ1v) is 6.26. The van der Waals surface area contributed by atoms with E-state index >= 15 is 0 Å². The number of nitrogens with one attached hydrogen (secondary N) is 1. The number of aliphatic imine (C=N–C) groups is 2. The molecule has 0 heterocycles. The zero-order valence-electron chi connectivity index (χ0n) is 10.6. The molecule has 1 aliphatic carbocycles. The molecule has 19 heavy (non-hydrogen) atoms. The van der Waals surface area contributed by atoms with E-state index in [-0.39, 0.29) is 10.9 Å². The zero-order chi connectivity index (χ0) is 14.3. The van der Waals surface area contributed by atoms with E-state index in [4.69, 9.17) is 17.3 Å². The first-order valence-electron chi connectivity index (χ1n) is 5.88. The third-order valence-electron chi connectivity index (χ3n) is 2.60. The third-order valence-corrected chi connectivity index (χ3v) is 2.69. The molecule has 3 N–H and O–H groups in total. The van der Waals surface area contributed by atoms with Crippen LogP contribution in [0.2, 0.25) is 0 Å². The predicted octanol–water partition coefficient (Wildman–Crippen LogP) is 1.86. The summed E-state index contributed by atoms with van der Waals surface area (Å²) in [6.07, 6.45) is 7.47. The summed E-state index contributed by atoms with van der Waals surface area (Å²) in [5, 5.41) is 2.58. The quantitative estimate of drug-likeness (QED) is 0.575. The van der Waals surface area contributed by atoms with Gasteiger partial charge in [0.2, 0.25) is 0 Å². The van der Waals surface area contributed by atoms with Crippen molar-refractivity contribution in [3.63, 3.8) is 0 Å². The number of carbonyl (C=O) groups excluding carboxylic acids is 1. The van der Waals surface area contributed by atoms with Crippen LogP contribution in [0.15, 0.2) is 46.3 Å². The maximum atomic E-state index is 11.8. The summed E-state index contributed by atoms with van der Waals surface area (Å²) in [4.78, 5) is 19.9. The number of nitrogens with two attached hydrogens (primary N) is 1. The van der Waals surface area contributed by atoms with E-state index < -0.39 is 5.91 Å². The van der Waals surface area contributed by atoms with Gasteiger partial charge < -0.3 is 11.1 Å². The lowest BCUT2D eigenvalue weighted by Gasteiger charge is -2.20. The number of amides is 1. The average Bonchev–Trinajstić information content (AvgIpc) is 2.32. The van der Waals surface area contributed by atoms with Crippen molar-refractivity contribution in [1.82, 2.24) is 5.32 Å². The fourth-order valence-electron chi connectivity index (χ4n) is 1.35. The Morgan fingerprint density at radius 2 is 2.16 bits per heavy atom. The first-order chi connectivity index (χ1) is 9.06. The minimum Gasteiger partial charge on any atom is -0.403 e. The molecule has 0 aliphatic heterocycles. The molecule has 0 aromatic rings. The Labute approximate surface area is 117 Å². The molecular weight excluding hydrogens is 264 g/mol. The normalized spacial score (nSPS) is 17.1. The van der Waals surface area contributed by atoms with Gasteiger partial charge in [0.15, 0.2) is 0 Å². The summed E-state index contributed by atoms with van der Waals surface area (Å²) in [5.41, 5.74) is 5.91. The molecule has 0 aromatic heterocycles. The summed E-state index contributed by atoms with van der Waals surface area (Å²) in [7, 11) is 0. The van der Waals surface area contributed by atoms with Crippen molar-refractivity contribution in [2.75, 3.05) is 0 Å². The van der Waals surface area contributed by atoms with E-state index in [0.29, 0.717) is 11.7 Å². The molecule has 1 rings (SSSR count). The summed E-state index contributed by atoms with van der Waals surface area (Å²) in [6.45, 7) is 6.88. The van der Waals surface area contributed by atoms with Crippen molar-refractivity contribution in [1.29, 1.82) is 0 Å². The third kappa shape index (κ3) is 5.09. The smallest absolute Gasteiger partial charge is 0.274 e. The van der Waals surface area contributed by atoms with Gasteiger partial charge in [-0.2, -0.15) is 0 Å². The van der Waals surface area contributed by atoms with Crippen LogP contribution in [0.25, 0.3) is 0 Å². The molecule has 0 unspecified atom stereocenters. The van der Waals surface area contributed by atoms with E-state index in [1.54, 1.807) is 6.21 Å². The second kappa shape index (κ2) is 7.53. The van der Waals surface area contributed by atoms with Crippen LogP contribution in [-0.2, 0) is 4.79 Å². The number of carbonyl (C=O) groups is 1. The van der Waals surface area contributed by atoms with Crippen molar-refractivity contribution >= 4 is 29.4 Å². The first kappa shape index (κ1) is 15.2. The molecule has 1 saturated carbocycles. The molecule has 0 bridgehead atoms. The average molecular weight is 281 g/mol. The van der Waals surface area contributed by atoms with Gasteiger partial charge >= 0.3 is 0 Å². The van der Waals surface area contributed by atoms with Gasteiger partial charge in [0.25, 0.3) is 5.91 Å². The lowest BCUT2D eigenvalue weighted by Crippen LogP contribution is -2.31. The van der Waals surface area contributed by atoms with E-state index in [1.165, 1.54) is 18.7 Å². The predicted molar refractivity (Wildman–Crippen MR) is 79.2 cm³/mol. The van der Waals surface area contributed by atoms with Crippen LogP contribution >= 0.6 is 11.6 Å². The Morgan fingerprint density at radius 3 is 2.58 bits per heavy atom. The van der Waals surface area contributed by atoms with Crippen LogP contribution in [0.1, 0.15) is 19.3 Å². The van der Waals surface area contributed by atoms with E-state index in [0.717, 1.165) is 12.8 Å². The molecule has 5 nitrogen and oxygen atoms in total. The maximum absolute atomic E-state index is 11.8. The summed E-state index contributed by atoms with van der Waals surface area (Å²) >= 11 is 5.52. The number of nitrogens with zero attached hydrogens (tertiary/aromatic N) is 2. The largest absolute Gasteiger partial charge is 0.403 e. The molecule has 102 valence electrons. The SMILES string of the molecule is C=C/C(=N\C(=C)Cl)C(=O)N/C(C=NC1CCC1)=C/N. The Bertz CT molecular complexity index is 461. The minimum atomic E-state index is -0.464. The molecule has 1 aliphatic rings. The number of rotatable bonds is 6. The maximum Gasteiger partial charge on any atom is 0.274 e. The number of halogens is 1. The number of hydrogen-bond acceptors (Lipinski definition) is 4. The molecule has 0 aromatic carbocycles. The Balaban J connectivity index is 2.64. The lowest BCUT2D eigenvalue weighted by atomic mass is 9.94. The lowest BCUT2D eigenvalue weighted by molar-refractivity contribution is -0.113. The van der Waals surface area contributed by atoms with Gasteiger partial charge in [-0.15, -0.1) is 0 Å². The Hall–Kier alpha value is -1.88. The second-order valence-corrected chi connectivity index (χ2v) is 4.45. The van der Waals surface area contributed by atoms with Gasteiger partial charge in [-0.05, 0) is 25.3 Å². The summed E-state index contributed by atoms with van der Waals surface area (Å²) < 4.78 is 0. The monoisotopic (exact) mass is 280 g/mol. The van der Waals surface area contributed by atoms with Crippen LogP contribution in [0.3, 0.4) is 0 Å². The fraction of sp³-hybridized carbons (Fsp3) is 0.308. The minimum absolute atomic E-state index is 0.00598. The highest BCUT2D eigenvalue weighted by Crippen LogP contribution is 2.21. The molecule has 0 saturated heterocycles. The molecule has 0 spiro atoms. The van der Waals surface area contributed by atoms with Crippen LogP contribution in [0, 0.1) is 0 Å². The van der Waals surface area contributed by atoms with Crippen molar-refractivity contribution in [3.05, 3.63) is 36.3 Å². The van der Waals surface area contributed by atoms with Crippen molar-refractivity contribution in [3.8, 4) is 0 Å². The van der Waals surface area contributed by atoms with Gasteiger partial charge in [0.05, 0.1) is 11.7 Å². The van der Waals surface area contributed by atoms with Crippen LogP contribution < -0.4 is 11.1 Å². The molecule has 1 fully saturated rings. The molecule has 1 amide bonds. The van der Waals surface area contributed by atoms with Crippen LogP contribution in [0.5, 0.6) is 0 Å². The van der Waals surface area contributed by atoms with Gasteiger partial charge in [-0.3, -0.25) is 9.79 Å². The van der Waals surface area contributed by atoms with E-state index in [2.05, 4.69) is 28.5 Å². The molecule has 6 heteroatoms. The van der Waals surface area contributed by atoms with Gasteiger partial charge in [-0.1, -0.05) is 24.8 Å². The summed E-state index contributed by atoms with van der Waals surface area (Å²) in [6, 6.07) is 0.335. The van der Waals surface area contributed by atoms with Crippen molar-refractivity contribution in [2.45, 2.75) is 25.3 Å². The fourth-order valence-corrected chi connectivity index (χ4v) is 1.44. The van der Waals surface area contributed by atoms with Gasteiger partial charge in [-0.25, -0.2) is 4.99 Å². The standard InChI is InChI=1S/C13H17ClN4O/c1-3-12(17-9(2)14)13(19)18-11(7-15)8-16-10-5-4-6-10/h3,7-8,10H,1-2,4-6,15H2,(H,18,19)/b11-7+,16-8?,17-12+.